The molecule has 7 nitrogen and oxygen atoms in total. The number of amides is 1. The van der Waals surface area contributed by atoms with E-state index in [1.165, 1.54) is 12.8 Å². The van der Waals surface area contributed by atoms with Crippen molar-refractivity contribution < 1.29 is 9.53 Å². The van der Waals surface area contributed by atoms with Crippen molar-refractivity contribution in [2.75, 3.05) is 45.2 Å². The second-order valence-electron chi connectivity index (χ2n) is 10.5. The molecule has 1 fully saturated rings. The number of pyridine rings is 2. The number of rotatable bonds is 9. The second-order valence-corrected chi connectivity index (χ2v) is 10.5. The number of benzene rings is 2. The van der Waals surface area contributed by atoms with Crippen LogP contribution in [0.4, 0.5) is 5.82 Å². The van der Waals surface area contributed by atoms with Gasteiger partial charge in [-0.25, -0.2) is 9.97 Å². The molecule has 1 N–H and O–H groups in total. The van der Waals surface area contributed by atoms with Gasteiger partial charge in [-0.2, -0.15) is 0 Å². The largest absolute Gasteiger partial charge is 0.492 e. The highest BCUT2D eigenvalue weighted by molar-refractivity contribution is 5.97. The minimum absolute atomic E-state index is 0.125. The number of hydrogen-bond donors (Lipinski definition) is 1. The lowest BCUT2D eigenvalue weighted by Crippen LogP contribution is -2.27. The zero-order valence-electron chi connectivity index (χ0n) is 23.3. The van der Waals surface area contributed by atoms with Crippen LogP contribution in [0.3, 0.4) is 0 Å². The Morgan fingerprint density at radius 3 is 2.67 bits per heavy atom. The molecule has 2 aromatic carbocycles. The summed E-state index contributed by atoms with van der Waals surface area (Å²) in [6.45, 7) is 7.36. The normalized spacial score (nSPS) is 14.1. The molecule has 2 aromatic heterocycles. The molecule has 1 aliphatic rings. The summed E-state index contributed by atoms with van der Waals surface area (Å²) in [6.07, 6.45) is 4.20. The molecule has 4 aromatic rings. The number of aryl methyl sites for hydroxylation is 1. The first-order valence-corrected chi connectivity index (χ1v) is 13.7. The molecule has 1 aliphatic heterocycles. The molecule has 5 rings (SSSR count). The summed E-state index contributed by atoms with van der Waals surface area (Å²) in [5.74, 6) is 1.55. The fourth-order valence-corrected chi connectivity index (χ4v) is 5.11. The predicted octanol–water partition coefficient (Wildman–Crippen LogP) is 5.64. The van der Waals surface area contributed by atoms with Gasteiger partial charge >= 0.3 is 0 Å². The fraction of sp³-hybridized carbons (Fsp3) is 0.344. The second kappa shape index (κ2) is 11.8. The lowest BCUT2D eigenvalue weighted by molar-refractivity contribution is 0.0939. The molecular formula is C32H37N5O2. The Hall–Kier alpha value is -3.97. The molecule has 1 saturated heterocycles. The molecule has 0 bridgehead atoms. The van der Waals surface area contributed by atoms with E-state index >= 15 is 0 Å². The van der Waals surface area contributed by atoms with Gasteiger partial charge in [0.15, 0.2) is 0 Å². The van der Waals surface area contributed by atoms with Crippen molar-refractivity contribution in [3.05, 3.63) is 83.6 Å². The first-order valence-electron chi connectivity index (χ1n) is 13.7. The number of hydrogen-bond acceptors (Lipinski definition) is 6. The van der Waals surface area contributed by atoms with Crippen molar-refractivity contribution in [3.8, 4) is 17.0 Å². The highest BCUT2D eigenvalue weighted by atomic mass is 16.5. The molecule has 1 atom stereocenters. The summed E-state index contributed by atoms with van der Waals surface area (Å²) in [4.78, 5) is 27.7. The molecule has 0 radical (unpaired) electrons. The van der Waals surface area contributed by atoms with Crippen LogP contribution in [0.1, 0.15) is 47.3 Å². The lowest BCUT2D eigenvalue weighted by atomic mass is 9.99. The van der Waals surface area contributed by atoms with Gasteiger partial charge in [-0.1, -0.05) is 24.3 Å². The molecule has 202 valence electrons. The monoisotopic (exact) mass is 523 g/mol. The molecule has 39 heavy (non-hydrogen) atoms. The first kappa shape index (κ1) is 26.6. The first-order chi connectivity index (χ1) is 18.9. The minimum atomic E-state index is -0.242. The van der Waals surface area contributed by atoms with E-state index < -0.39 is 0 Å². The van der Waals surface area contributed by atoms with Gasteiger partial charge in [0.05, 0.1) is 17.3 Å². The van der Waals surface area contributed by atoms with E-state index in [1.807, 2.05) is 76.6 Å². The molecule has 1 amide bonds. The number of para-hydroxylation sites is 1. The average molecular weight is 524 g/mol. The molecule has 0 spiro atoms. The van der Waals surface area contributed by atoms with Crippen molar-refractivity contribution in [3.63, 3.8) is 0 Å². The van der Waals surface area contributed by atoms with Crippen LogP contribution < -0.4 is 15.0 Å². The number of nitrogens with one attached hydrogen (secondary N) is 1. The lowest BCUT2D eigenvalue weighted by Gasteiger charge is -2.22. The van der Waals surface area contributed by atoms with Crippen molar-refractivity contribution in [1.82, 2.24) is 20.2 Å². The van der Waals surface area contributed by atoms with Gasteiger partial charge in [0.2, 0.25) is 0 Å². The van der Waals surface area contributed by atoms with Crippen LogP contribution >= 0.6 is 0 Å². The van der Waals surface area contributed by atoms with Gasteiger partial charge in [0, 0.05) is 42.3 Å². The molecule has 3 heterocycles. The summed E-state index contributed by atoms with van der Waals surface area (Å²) >= 11 is 0. The average Bonchev–Trinajstić information content (AvgIpc) is 3.48. The molecule has 0 aliphatic carbocycles. The molecule has 0 saturated carbocycles. The number of carbonyl (C=O) groups is 1. The quantitative estimate of drug-likeness (QED) is 0.306. The fourth-order valence-electron chi connectivity index (χ4n) is 5.11. The van der Waals surface area contributed by atoms with Gasteiger partial charge in [-0.15, -0.1) is 0 Å². The van der Waals surface area contributed by atoms with Crippen LogP contribution in [0.5, 0.6) is 5.75 Å². The summed E-state index contributed by atoms with van der Waals surface area (Å²) in [5.41, 5.74) is 5.33. The molecule has 7 heteroatoms. The van der Waals surface area contributed by atoms with Gasteiger partial charge < -0.3 is 19.9 Å². The maximum Gasteiger partial charge on any atom is 0.252 e. The standard InChI is InChI=1S/C32H37N5O2/c1-22-13-14-24(39-19-18-36(3)4)20-27(22)32(38)34-23(2)28-21-30(35-29-12-6-5-10-25(28)29)26-11-9-15-33-31(26)37-16-7-8-17-37/h5-6,9-15,20-21,23H,7-8,16-19H2,1-4H3,(H,34,38)/t23-/m1/s1. The highest BCUT2D eigenvalue weighted by Crippen LogP contribution is 2.34. The number of likely N-dealkylation sites (N-methyl/N-ethyl adjacent to an activating group) is 1. The van der Waals surface area contributed by atoms with E-state index in [-0.39, 0.29) is 11.9 Å². The smallest absolute Gasteiger partial charge is 0.252 e. The number of nitrogens with zero attached hydrogens (tertiary/aromatic N) is 4. The Morgan fingerprint density at radius 2 is 1.87 bits per heavy atom. The van der Waals surface area contributed by atoms with E-state index in [4.69, 9.17) is 14.7 Å². The number of carbonyl (C=O) groups excluding carboxylic acids is 1. The summed E-state index contributed by atoms with van der Waals surface area (Å²) in [5, 5.41) is 4.26. The van der Waals surface area contributed by atoms with Crippen molar-refractivity contribution in [1.29, 1.82) is 0 Å². The SMILES string of the molecule is Cc1ccc(OCCN(C)C)cc1C(=O)N[C@H](C)c1cc(-c2cccnc2N2CCCC2)nc2ccccc12. The van der Waals surface area contributed by atoms with Crippen molar-refractivity contribution >= 4 is 22.6 Å². The summed E-state index contributed by atoms with van der Waals surface area (Å²) in [7, 11) is 4.02. The number of aromatic nitrogens is 2. The Balaban J connectivity index is 1.45. The topological polar surface area (TPSA) is 70.6 Å². The summed E-state index contributed by atoms with van der Waals surface area (Å²) < 4.78 is 5.89. The van der Waals surface area contributed by atoms with Crippen LogP contribution in [0.15, 0.2) is 66.9 Å². The van der Waals surface area contributed by atoms with Crippen molar-refractivity contribution in [2.24, 2.45) is 0 Å². The maximum absolute atomic E-state index is 13.5. The van der Waals surface area contributed by atoms with Crippen LogP contribution in [0.25, 0.3) is 22.2 Å². The van der Waals surface area contributed by atoms with Gasteiger partial charge in [-0.3, -0.25) is 4.79 Å². The minimum Gasteiger partial charge on any atom is -0.492 e. The number of anilines is 1. The zero-order valence-corrected chi connectivity index (χ0v) is 23.3. The van der Waals surface area contributed by atoms with E-state index in [1.54, 1.807) is 0 Å². The van der Waals surface area contributed by atoms with Crippen molar-refractivity contribution in [2.45, 2.75) is 32.7 Å². The Kier molecular flexibility index (Phi) is 8.07. The van der Waals surface area contributed by atoms with E-state index in [9.17, 15) is 4.79 Å². The molecule has 0 unspecified atom stereocenters. The third-order valence-corrected chi connectivity index (χ3v) is 7.29. The number of ether oxygens (including phenoxy) is 1. The Labute approximate surface area is 230 Å². The number of fused-ring (bicyclic) bond motifs is 1. The zero-order chi connectivity index (χ0) is 27.4. The van der Waals surface area contributed by atoms with Gasteiger partial charge in [0.25, 0.3) is 5.91 Å². The van der Waals surface area contributed by atoms with E-state index in [0.29, 0.717) is 17.9 Å². The van der Waals surface area contributed by atoms with E-state index in [0.717, 1.165) is 58.7 Å². The Bertz CT molecular complexity index is 1460. The third-order valence-electron chi connectivity index (χ3n) is 7.29. The van der Waals surface area contributed by atoms with Gasteiger partial charge in [0.1, 0.15) is 18.2 Å². The Morgan fingerprint density at radius 1 is 1.08 bits per heavy atom. The van der Waals surface area contributed by atoms with Crippen LogP contribution in [-0.4, -0.2) is 61.1 Å². The third kappa shape index (κ3) is 6.04. The molecular weight excluding hydrogens is 486 g/mol. The van der Waals surface area contributed by atoms with Crippen LogP contribution in [0.2, 0.25) is 0 Å². The highest BCUT2D eigenvalue weighted by Gasteiger charge is 2.21. The van der Waals surface area contributed by atoms with Gasteiger partial charge in [-0.05, 0) is 88.3 Å². The van der Waals surface area contributed by atoms with E-state index in [2.05, 4.69) is 33.3 Å². The van der Waals surface area contributed by atoms with Crippen LogP contribution in [0, 0.1) is 6.92 Å². The maximum atomic E-state index is 13.5. The predicted molar refractivity (Wildman–Crippen MR) is 158 cm³/mol. The summed E-state index contributed by atoms with van der Waals surface area (Å²) in [6, 6.07) is 19.7. The van der Waals surface area contributed by atoms with Crippen LogP contribution in [-0.2, 0) is 0 Å².